The summed E-state index contributed by atoms with van der Waals surface area (Å²) in [5.74, 6) is -1.35. The van der Waals surface area contributed by atoms with Gasteiger partial charge in [0.25, 0.3) is 0 Å². The number of anilines is 1. The minimum absolute atomic E-state index is 0.219. The minimum Gasteiger partial charge on any atom is -0.480 e. The van der Waals surface area contributed by atoms with Crippen LogP contribution in [0.3, 0.4) is 0 Å². The van der Waals surface area contributed by atoms with E-state index in [9.17, 15) is 13.2 Å². The summed E-state index contributed by atoms with van der Waals surface area (Å²) in [5.41, 5.74) is 1.05. The van der Waals surface area contributed by atoms with Crippen LogP contribution in [-0.4, -0.2) is 44.9 Å². The third kappa shape index (κ3) is 4.82. The zero-order valence-electron chi connectivity index (χ0n) is 11.6. The molecule has 1 aromatic carbocycles. The highest BCUT2D eigenvalue weighted by atomic mass is 32.2. The molecular formula is C13H20N2O4S. The van der Waals surface area contributed by atoms with E-state index in [1.807, 2.05) is 42.3 Å². The predicted octanol–water partition coefficient (Wildman–Crippen LogP) is 0.905. The van der Waals surface area contributed by atoms with Crippen LogP contribution in [0, 0.1) is 0 Å². The molecule has 0 radical (unpaired) electrons. The van der Waals surface area contributed by atoms with E-state index in [0.29, 0.717) is 13.0 Å². The van der Waals surface area contributed by atoms with E-state index < -0.39 is 21.2 Å². The standard InChI is InChI=1S/C13H20N2O4S/c1-11(13(16)17)20(18,19)14-9-6-10-15(2)12-7-4-3-5-8-12/h3-5,7-8,11,14H,6,9-10H2,1-2H3,(H,16,17). The number of benzene rings is 1. The summed E-state index contributed by atoms with van der Waals surface area (Å²) in [6, 6.07) is 9.73. The van der Waals surface area contributed by atoms with Crippen molar-refractivity contribution in [2.45, 2.75) is 18.6 Å². The van der Waals surface area contributed by atoms with Crippen molar-refractivity contribution < 1.29 is 18.3 Å². The number of nitrogens with zero attached hydrogens (tertiary/aromatic N) is 1. The smallest absolute Gasteiger partial charge is 0.323 e. The molecule has 0 aliphatic heterocycles. The van der Waals surface area contributed by atoms with Crippen LogP contribution < -0.4 is 9.62 Å². The summed E-state index contributed by atoms with van der Waals surface area (Å²) in [6.45, 7) is 2.05. The summed E-state index contributed by atoms with van der Waals surface area (Å²) < 4.78 is 25.5. The number of aliphatic carboxylic acids is 1. The molecule has 20 heavy (non-hydrogen) atoms. The second-order valence-electron chi connectivity index (χ2n) is 4.53. The van der Waals surface area contributed by atoms with Gasteiger partial charge in [-0.05, 0) is 25.5 Å². The summed E-state index contributed by atoms with van der Waals surface area (Å²) in [4.78, 5) is 12.7. The number of hydrogen-bond acceptors (Lipinski definition) is 4. The second kappa shape index (κ2) is 7.25. The molecule has 1 aromatic rings. The summed E-state index contributed by atoms with van der Waals surface area (Å²) >= 11 is 0. The quantitative estimate of drug-likeness (QED) is 0.697. The number of nitrogens with one attached hydrogen (secondary N) is 1. The highest BCUT2D eigenvalue weighted by Crippen LogP contribution is 2.10. The van der Waals surface area contributed by atoms with Gasteiger partial charge in [-0.15, -0.1) is 0 Å². The third-order valence-electron chi connectivity index (χ3n) is 2.98. The van der Waals surface area contributed by atoms with E-state index in [1.165, 1.54) is 0 Å². The van der Waals surface area contributed by atoms with E-state index in [0.717, 1.165) is 12.6 Å². The number of hydrogen-bond donors (Lipinski definition) is 2. The SMILES string of the molecule is CC(C(=O)O)S(=O)(=O)NCCCN(C)c1ccccc1. The Balaban J connectivity index is 2.37. The molecular weight excluding hydrogens is 280 g/mol. The Morgan fingerprint density at radius 1 is 1.35 bits per heavy atom. The molecule has 0 heterocycles. The Morgan fingerprint density at radius 3 is 2.50 bits per heavy atom. The average Bonchev–Trinajstić information content (AvgIpc) is 2.43. The van der Waals surface area contributed by atoms with Gasteiger partial charge in [0, 0.05) is 25.8 Å². The van der Waals surface area contributed by atoms with Crippen molar-refractivity contribution >= 4 is 21.7 Å². The molecule has 0 amide bonds. The molecule has 1 rings (SSSR count). The number of rotatable bonds is 8. The van der Waals surface area contributed by atoms with Crippen LogP contribution in [-0.2, 0) is 14.8 Å². The first kappa shape index (κ1) is 16.5. The Morgan fingerprint density at radius 2 is 1.95 bits per heavy atom. The molecule has 0 aliphatic carbocycles. The fourth-order valence-corrected chi connectivity index (χ4v) is 2.54. The lowest BCUT2D eigenvalue weighted by atomic mass is 10.3. The van der Waals surface area contributed by atoms with Crippen LogP contribution in [0.15, 0.2) is 30.3 Å². The van der Waals surface area contributed by atoms with Crippen LogP contribution >= 0.6 is 0 Å². The van der Waals surface area contributed by atoms with Crippen LogP contribution in [0.5, 0.6) is 0 Å². The molecule has 0 aliphatic rings. The number of carboxylic acid groups (broad SMARTS) is 1. The van der Waals surface area contributed by atoms with E-state index >= 15 is 0 Å². The summed E-state index contributed by atoms with van der Waals surface area (Å²) in [5, 5.41) is 7.25. The van der Waals surface area contributed by atoms with Crippen molar-refractivity contribution in [2.24, 2.45) is 0 Å². The van der Waals surface area contributed by atoms with Crippen LogP contribution in [0.25, 0.3) is 0 Å². The van der Waals surface area contributed by atoms with Gasteiger partial charge in [0.05, 0.1) is 0 Å². The molecule has 0 bridgehead atoms. The molecule has 0 saturated carbocycles. The van der Waals surface area contributed by atoms with Crippen LogP contribution in [0.4, 0.5) is 5.69 Å². The highest BCUT2D eigenvalue weighted by molar-refractivity contribution is 7.90. The topological polar surface area (TPSA) is 86.7 Å². The lowest BCUT2D eigenvalue weighted by molar-refractivity contribution is -0.136. The predicted molar refractivity (Wildman–Crippen MR) is 78.3 cm³/mol. The normalized spacial score (nSPS) is 12.9. The first-order valence-corrected chi connectivity index (χ1v) is 7.86. The number of carbonyl (C=O) groups is 1. The summed E-state index contributed by atoms with van der Waals surface area (Å²) in [7, 11) is -1.87. The van der Waals surface area contributed by atoms with Gasteiger partial charge in [-0.1, -0.05) is 18.2 Å². The van der Waals surface area contributed by atoms with Crippen molar-refractivity contribution in [3.8, 4) is 0 Å². The lowest BCUT2D eigenvalue weighted by Crippen LogP contribution is -2.38. The van der Waals surface area contributed by atoms with Crippen LogP contribution in [0.2, 0.25) is 0 Å². The molecule has 0 fully saturated rings. The fourth-order valence-electron chi connectivity index (χ4n) is 1.60. The maximum Gasteiger partial charge on any atom is 0.323 e. The van der Waals surface area contributed by atoms with Gasteiger partial charge in [0.15, 0.2) is 5.25 Å². The van der Waals surface area contributed by atoms with Gasteiger partial charge < -0.3 is 10.0 Å². The Hall–Kier alpha value is -1.60. The van der Waals surface area contributed by atoms with Gasteiger partial charge in [0.2, 0.25) is 10.0 Å². The van der Waals surface area contributed by atoms with Crippen molar-refractivity contribution in [3.05, 3.63) is 30.3 Å². The highest BCUT2D eigenvalue weighted by Gasteiger charge is 2.26. The zero-order valence-corrected chi connectivity index (χ0v) is 12.4. The molecule has 0 spiro atoms. The van der Waals surface area contributed by atoms with E-state index in [-0.39, 0.29) is 6.54 Å². The van der Waals surface area contributed by atoms with E-state index in [2.05, 4.69) is 4.72 Å². The summed E-state index contributed by atoms with van der Waals surface area (Å²) in [6.07, 6.45) is 0.594. The molecule has 0 saturated heterocycles. The Kier molecular flexibility index (Phi) is 5.97. The van der Waals surface area contributed by atoms with Crippen molar-refractivity contribution in [1.82, 2.24) is 4.72 Å². The third-order valence-corrected chi connectivity index (χ3v) is 4.72. The maximum absolute atomic E-state index is 11.6. The first-order valence-electron chi connectivity index (χ1n) is 6.32. The Bertz CT molecular complexity index is 531. The van der Waals surface area contributed by atoms with Gasteiger partial charge >= 0.3 is 5.97 Å². The van der Waals surface area contributed by atoms with Crippen molar-refractivity contribution in [3.63, 3.8) is 0 Å². The first-order chi connectivity index (χ1) is 9.34. The second-order valence-corrected chi connectivity index (χ2v) is 6.62. The van der Waals surface area contributed by atoms with Crippen LogP contribution in [0.1, 0.15) is 13.3 Å². The van der Waals surface area contributed by atoms with Crippen molar-refractivity contribution in [2.75, 3.05) is 25.0 Å². The minimum atomic E-state index is -3.79. The van der Waals surface area contributed by atoms with Gasteiger partial charge in [-0.3, -0.25) is 4.79 Å². The van der Waals surface area contributed by atoms with Gasteiger partial charge in [-0.2, -0.15) is 0 Å². The lowest BCUT2D eigenvalue weighted by Gasteiger charge is -2.19. The maximum atomic E-state index is 11.6. The van der Waals surface area contributed by atoms with Crippen molar-refractivity contribution in [1.29, 1.82) is 0 Å². The largest absolute Gasteiger partial charge is 0.480 e. The molecule has 7 heteroatoms. The molecule has 1 atom stereocenters. The fraction of sp³-hybridized carbons (Fsp3) is 0.462. The molecule has 6 nitrogen and oxygen atoms in total. The monoisotopic (exact) mass is 300 g/mol. The average molecular weight is 300 g/mol. The number of carboxylic acids is 1. The molecule has 2 N–H and O–H groups in total. The number of sulfonamides is 1. The van der Waals surface area contributed by atoms with Gasteiger partial charge in [-0.25, -0.2) is 13.1 Å². The molecule has 0 aromatic heterocycles. The number of para-hydroxylation sites is 1. The zero-order chi connectivity index (χ0) is 15.2. The van der Waals surface area contributed by atoms with E-state index in [1.54, 1.807) is 0 Å². The molecule has 112 valence electrons. The molecule has 1 unspecified atom stereocenters. The van der Waals surface area contributed by atoms with E-state index in [4.69, 9.17) is 5.11 Å². The van der Waals surface area contributed by atoms with Gasteiger partial charge in [0.1, 0.15) is 0 Å². The Labute approximate surface area is 119 Å².